The summed E-state index contributed by atoms with van der Waals surface area (Å²) in [6.07, 6.45) is 1.05. The topological polar surface area (TPSA) is 21.3 Å². The van der Waals surface area contributed by atoms with Crippen LogP contribution in [-0.4, -0.2) is 7.11 Å². The largest absolute Gasteiger partial charge is 0.497 e. The summed E-state index contributed by atoms with van der Waals surface area (Å²) < 4.78 is 7.37. The normalized spacial score (nSPS) is 12.2. The van der Waals surface area contributed by atoms with E-state index in [4.69, 9.17) is 4.74 Å². The van der Waals surface area contributed by atoms with Crippen LogP contribution in [-0.2, 0) is 6.54 Å². The molecule has 0 fully saturated rings. The number of methoxy groups -OCH3 is 1. The third-order valence-electron chi connectivity index (χ3n) is 3.46. The van der Waals surface area contributed by atoms with Crippen molar-refractivity contribution in [2.45, 2.75) is 25.9 Å². The van der Waals surface area contributed by atoms with Gasteiger partial charge in [-0.15, -0.1) is 0 Å². The Kier molecular flexibility index (Phi) is 6.27. The molecule has 0 bridgehead atoms. The first kappa shape index (κ1) is 16.5. The Morgan fingerprint density at radius 2 is 1.76 bits per heavy atom. The fourth-order valence-electron chi connectivity index (χ4n) is 2.22. The maximum absolute atomic E-state index is 5.21. The number of hydrogen-bond donors (Lipinski definition) is 1. The Hall–Kier alpha value is -0.840. The van der Waals surface area contributed by atoms with E-state index in [-0.39, 0.29) is 0 Å². The van der Waals surface area contributed by atoms with Crippen LogP contribution in [0.5, 0.6) is 5.75 Å². The minimum Gasteiger partial charge on any atom is -0.497 e. The van der Waals surface area contributed by atoms with Crippen LogP contribution >= 0.6 is 31.9 Å². The minimum atomic E-state index is 0.346. The number of nitrogens with one attached hydrogen (secondary N) is 1. The van der Waals surface area contributed by atoms with Crippen molar-refractivity contribution >= 4 is 31.9 Å². The van der Waals surface area contributed by atoms with Gasteiger partial charge in [-0.25, -0.2) is 0 Å². The Morgan fingerprint density at radius 1 is 1.05 bits per heavy atom. The van der Waals surface area contributed by atoms with E-state index in [1.54, 1.807) is 7.11 Å². The zero-order chi connectivity index (χ0) is 15.2. The van der Waals surface area contributed by atoms with E-state index in [0.29, 0.717) is 6.04 Å². The highest BCUT2D eigenvalue weighted by Crippen LogP contribution is 2.25. The van der Waals surface area contributed by atoms with Gasteiger partial charge in [0.15, 0.2) is 0 Å². The number of ether oxygens (including phenoxy) is 1. The van der Waals surface area contributed by atoms with Gasteiger partial charge in [-0.2, -0.15) is 0 Å². The van der Waals surface area contributed by atoms with Crippen molar-refractivity contribution < 1.29 is 4.74 Å². The SMILES string of the molecule is CCC(NCc1ccc(Br)c(Br)c1)c1ccc(OC)cc1. The zero-order valence-electron chi connectivity index (χ0n) is 12.2. The molecular weight excluding hydrogens is 394 g/mol. The molecule has 2 aromatic carbocycles. The van der Waals surface area contributed by atoms with Gasteiger partial charge in [-0.1, -0.05) is 25.1 Å². The molecule has 1 atom stereocenters. The molecular formula is C17H19Br2NO. The standard InChI is InChI=1S/C17H19Br2NO/c1-3-17(13-5-7-14(21-2)8-6-13)20-11-12-4-9-15(18)16(19)10-12/h4-10,17,20H,3,11H2,1-2H3. The lowest BCUT2D eigenvalue weighted by Crippen LogP contribution is -2.20. The fraction of sp³-hybridized carbons (Fsp3) is 0.294. The Balaban J connectivity index is 2.02. The van der Waals surface area contributed by atoms with Crippen LogP contribution < -0.4 is 10.1 Å². The maximum Gasteiger partial charge on any atom is 0.118 e. The predicted molar refractivity (Wildman–Crippen MR) is 94.7 cm³/mol. The summed E-state index contributed by atoms with van der Waals surface area (Å²) in [5, 5.41) is 3.61. The van der Waals surface area contributed by atoms with Gasteiger partial charge in [-0.3, -0.25) is 0 Å². The van der Waals surface area contributed by atoms with Gasteiger partial charge in [0.2, 0.25) is 0 Å². The van der Waals surface area contributed by atoms with Gasteiger partial charge in [0, 0.05) is 21.5 Å². The lowest BCUT2D eigenvalue weighted by molar-refractivity contribution is 0.414. The van der Waals surface area contributed by atoms with Gasteiger partial charge < -0.3 is 10.1 Å². The Morgan fingerprint density at radius 3 is 2.33 bits per heavy atom. The van der Waals surface area contributed by atoms with Crippen molar-refractivity contribution in [3.8, 4) is 5.75 Å². The van der Waals surface area contributed by atoms with Crippen molar-refractivity contribution in [2.24, 2.45) is 0 Å². The Labute approximate surface area is 143 Å². The first-order chi connectivity index (χ1) is 10.1. The summed E-state index contributed by atoms with van der Waals surface area (Å²) in [6, 6.07) is 14.9. The van der Waals surface area contributed by atoms with Crippen molar-refractivity contribution in [2.75, 3.05) is 7.11 Å². The van der Waals surface area contributed by atoms with Gasteiger partial charge in [0.1, 0.15) is 5.75 Å². The first-order valence-corrected chi connectivity index (χ1v) is 8.54. The highest BCUT2D eigenvalue weighted by Gasteiger charge is 2.09. The van der Waals surface area contributed by atoms with E-state index in [0.717, 1.165) is 27.7 Å². The van der Waals surface area contributed by atoms with E-state index < -0.39 is 0 Å². The highest BCUT2D eigenvalue weighted by atomic mass is 79.9. The summed E-state index contributed by atoms with van der Waals surface area (Å²) in [5.74, 6) is 0.894. The van der Waals surface area contributed by atoms with E-state index in [9.17, 15) is 0 Å². The van der Waals surface area contributed by atoms with Gasteiger partial charge in [0.05, 0.1) is 7.11 Å². The molecule has 2 rings (SSSR count). The van der Waals surface area contributed by atoms with Crippen LogP contribution in [0.25, 0.3) is 0 Å². The van der Waals surface area contributed by atoms with Crippen molar-refractivity contribution in [1.29, 1.82) is 0 Å². The second-order valence-corrected chi connectivity index (χ2v) is 6.57. The molecule has 0 aliphatic rings. The van der Waals surface area contributed by atoms with Crippen LogP contribution in [0.4, 0.5) is 0 Å². The second kappa shape index (κ2) is 7.97. The van der Waals surface area contributed by atoms with E-state index >= 15 is 0 Å². The smallest absolute Gasteiger partial charge is 0.118 e. The molecule has 112 valence electrons. The van der Waals surface area contributed by atoms with Crippen molar-refractivity contribution in [3.63, 3.8) is 0 Å². The first-order valence-electron chi connectivity index (χ1n) is 6.95. The molecule has 0 heterocycles. The molecule has 0 amide bonds. The zero-order valence-corrected chi connectivity index (χ0v) is 15.4. The summed E-state index contributed by atoms with van der Waals surface area (Å²) in [7, 11) is 1.69. The molecule has 0 spiro atoms. The molecule has 0 radical (unpaired) electrons. The number of benzene rings is 2. The van der Waals surface area contributed by atoms with Gasteiger partial charge >= 0.3 is 0 Å². The molecule has 0 aliphatic heterocycles. The number of rotatable bonds is 6. The third-order valence-corrected chi connectivity index (χ3v) is 5.34. The minimum absolute atomic E-state index is 0.346. The van der Waals surface area contributed by atoms with E-state index in [1.807, 2.05) is 12.1 Å². The molecule has 21 heavy (non-hydrogen) atoms. The molecule has 1 unspecified atom stereocenters. The lowest BCUT2D eigenvalue weighted by atomic mass is 10.0. The molecule has 0 saturated heterocycles. The van der Waals surface area contributed by atoms with Crippen LogP contribution in [0, 0.1) is 0 Å². The number of halogens is 2. The molecule has 2 aromatic rings. The molecule has 1 N–H and O–H groups in total. The van der Waals surface area contributed by atoms with Crippen molar-refractivity contribution in [1.82, 2.24) is 5.32 Å². The van der Waals surface area contributed by atoms with Crippen LogP contribution in [0.15, 0.2) is 51.4 Å². The molecule has 2 nitrogen and oxygen atoms in total. The Bertz CT molecular complexity index is 584. The lowest BCUT2D eigenvalue weighted by Gasteiger charge is -2.18. The molecule has 0 aromatic heterocycles. The highest BCUT2D eigenvalue weighted by molar-refractivity contribution is 9.13. The van der Waals surface area contributed by atoms with Gasteiger partial charge in [0.25, 0.3) is 0 Å². The van der Waals surface area contributed by atoms with Crippen LogP contribution in [0.1, 0.15) is 30.5 Å². The average Bonchev–Trinajstić information content (AvgIpc) is 2.52. The van der Waals surface area contributed by atoms with E-state index in [1.165, 1.54) is 11.1 Å². The number of hydrogen-bond acceptors (Lipinski definition) is 2. The summed E-state index contributed by atoms with van der Waals surface area (Å²) in [4.78, 5) is 0. The quantitative estimate of drug-likeness (QED) is 0.679. The van der Waals surface area contributed by atoms with Crippen molar-refractivity contribution in [3.05, 3.63) is 62.5 Å². The third kappa shape index (κ3) is 4.56. The fourth-order valence-corrected chi connectivity index (χ4v) is 2.90. The summed E-state index contributed by atoms with van der Waals surface area (Å²) in [6.45, 7) is 3.04. The molecule has 0 aliphatic carbocycles. The van der Waals surface area contributed by atoms with E-state index in [2.05, 4.69) is 74.4 Å². The maximum atomic E-state index is 5.21. The predicted octanol–water partition coefficient (Wildman–Crippen LogP) is 5.46. The molecule has 4 heteroatoms. The average molecular weight is 413 g/mol. The summed E-state index contributed by atoms with van der Waals surface area (Å²) >= 11 is 7.04. The van der Waals surface area contributed by atoms with Crippen LogP contribution in [0.2, 0.25) is 0 Å². The molecule has 0 saturated carbocycles. The van der Waals surface area contributed by atoms with Gasteiger partial charge in [-0.05, 0) is 73.7 Å². The monoisotopic (exact) mass is 411 g/mol. The second-order valence-electron chi connectivity index (χ2n) is 4.86. The van der Waals surface area contributed by atoms with Crippen LogP contribution in [0.3, 0.4) is 0 Å². The summed E-state index contributed by atoms with van der Waals surface area (Å²) in [5.41, 5.74) is 2.55.